The molecule has 10 heteroatoms. The van der Waals surface area contributed by atoms with Gasteiger partial charge in [-0.05, 0) is 6.42 Å². The summed E-state index contributed by atoms with van der Waals surface area (Å²) in [5.41, 5.74) is 0. The largest absolute Gasteiger partial charge is 0.469 e. The fourth-order valence-corrected chi connectivity index (χ4v) is 6.02. The van der Waals surface area contributed by atoms with Crippen molar-refractivity contribution >= 4 is 28.0 Å². The van der Waals surface area contributed by atoms with Gasteiger partial charge in [0.1, 0.15) is 17.5 Å². The maximum absolute atomic E-state index is 12.1. The third-order valence-corrected chi connectivity index (χ3v) is 6.57. The van der Waals surface area contributed by atoms with E-state index < -0.39 is 69.8 Å². The number of carbonyl (C=O) groups excluding carboxylic acids is 3. The molecule has 0 aromatic carbocycles. The average molecular weight is 360 g/mol. The molecule has 6 unspecified atom stereocenters. The van der Waals surface area contributed by atoms with E-state index in [2.05, 4.69) is 11.3 Å². The van der Waals surface area contributed by atoms with Crippen LogP contribution in [0.1, 0.15) is 6.42 Å². The molecule has 1 saturated heterocycles. The molecule has 3 aliphatic rings. The Hall–Kier alpha value is -1.94. The highest BCUT2D eigenvalue weighted by atomic mass is 32.2. The molecule has 0 radical (unpaired) electrons. The minimum Gasteiger partial charge on any atom is -0.469 e. The first-order valence-electron chi connectivity index (χ1n) is 7.28. The number of methoxy groups -OCH3 is 1. The second-order valence-electron chi connectivity index (χ2n) is 5.90. The first-order valence-corrected chi connectivity index (χ1v) is 8.76. The molecule has 0 spiro atoms. The molecule has 1 heterocycles. The van der Waals surface area contributed by atoms with Gasteiger partial charge in [0.15, 0.2) is 6.61 Å². The van der Waals surface area contributed by atoms with E-state index in [0.29, 0.717) is 6.42 Å². The van der Waals surface area contributed by atoms with Gasteiger partial charge in [0.05, 0.1) is 13.0 Å². The molecule has 0 N–H and O–H groups in total. The van der Waals surface area contributed by atoms with Crippen LogP contribution in [0.4, 0.5) is 0 Å². The Morgan fingerprint density at radius 3 is 2.62 bits per heavy atom. The third-order valence-electron chi connectivity index (χ3n) is 4.77. The van der Waals surface area contributed by atoms with Crippen LogP contribution in [0.2, 0.25) is 0 Å². The standard InChI is InChI=1S/C14H16O9S/c1-3-8(15)21-5-9(16)22-11-6-4-7-12(11)23-24(18,19)13(7)10(6)14(17)20-2/h3,6-7,10-13H,1,4-5H2,2H3. The quantitative estimate of drug-likeness (QED) is 0.267. The lowest BCUT2D eigenvalue weighted by molar-refractivity contribution is -0.169. The maximum Gasteiger partial charge on any atom is 0.344 e. The van der Waals surface area contributed by atoms with Crippen molar-refractivity contribution < 1.29 is 41.2 Å². The molecule has 3 fully saturated rings. The molecule has 0 amide bonds. The smallest absolute Gasteiger partial charge is 0.344 e. The summed E-state index contributed by atoms with van der Waals surface area (Å²) < 4.78 is 43.9. The normalized spacial score (nSPS) is 37.7. The van der Waals surface area contributed by atoms with Crippen molar-refractivity contribution in [2.24, 2.45) is 17.8 Å². The molecular weight excluding hydrogens is 344 g/mol. The minimum absolute atomic E-state index is 0.388. The van der Waals surface area contributed by atoms with Gasteiger partial charge in [-0.25, -0.2) is 9.59 Å². The second-order valence-corrected chi connectivity index (χ2v) is 7.62. The highest BCUT2D eigenvalue weighted by Gasteiger charge is 2.72. The zero-order valence-electron chi connectivity index (χ0n) is 12.7. The molecule has 1 aliphatic heterocycles. The number of rotatable bonds is 5. The molecule has 2 aliphatic carbocycles. The van der Waals surface area contributed by atoms with Gasteiger partial charge in [-0.15, -0.1) is 0 Å². The predicted molar refractivity (Wildman–Crippen MR) is 75.7 cm³/mol. The summed E-state index contributed by atoms with van der Waals surface area (Å²) in [6, 6.07) is 0. The second kappa shape index (κ2) is 5.85. The van der Waals surface area contributed by atoms with Crippen molar-refractivity contribution in [2.75, 3.05) is 13.7 Å². The first kappa shape index (κ1) is 16.9. The van der Waals surface area contributed by atoms with E-state index >= 15 is 0 Å². The van der Waals surface area contributed by atoms with Crippen LogP contribution in [-0.4, -0.2) is 57.5 Å². The molecule has 9 nitrogen and oxygen atoms in total. The van der Waals surface area contributed by atoms with Gasteiger partial charge in [0.25, 0.3) is 10.1 Å². The van der Waals surface area contributed by atoms with E-state index in [1.165, 1.54) is 7.11 Å². The molecule has 2 saturated carbocycles. The van der Waals surface area contributed by atoms with Crippen LogP contribution < -0.4 is 0 Å². The molecule has 24 heavy (non-hydrogen) atoms. The van der Waals surface area contributed by atoms with Gasteiger partial charge >= 0.3 is 17.9 Å². The van der Waals surface area contributed by atoms with Gasteiger partial charge in [-0.2, -0.15) is 8.42 Å². The van der Waals surface area contributed by atoms with Crippen LogP contribution in [0, 0.1) is 17.8 Å². The monoisotopic (exact) mass is 360 g/mol. The van der Waals surface area contributed by atoms with E-state index in [1.54, 1.807) is 0 Å². The summed E-state index contributed by atoms with van der Waals surface area (Å²) in [7, 11) is -2.75. The lowest BCUT2D eigenvalue weighted by Gasteiger charge is -2.29. The van der Waals surface area contributed by atoms with Crippen LogP contribution in [0.15, 0.2) is 12.7 Å². The Labute approximate surface area is 138 Å². The fraction of sp³-hybridized carbons (Fsp3) is 0.643. The fourth-order valence-electron chi connectivity index (χ4n) is 3.96. The van der Waals surface area contributed by atoms with Crippen LogP contribution in [-0.2, 0) is 42.9 Å². The highest BCUT2D eigenvalue weighted by Crippen LogP contribution is 2.58. The Balaban J connectivity index is 1.76. The Kier molecular flexibility index (Phi) is 4.12. The van der Waals surface area contributed by atoms with Crippen molar-refractivity contribution in [3.63, 3.8) is 0 Å². The maximum atomic E-state index is 12.1. The zero-order chi connectivity index (χ0) is 17.6. The van der Waals surface area contributed by atoms with E-state index in [-0.39, 0.29) is 0 Å². The number of hydrogen-bond donors (Lipinski definition) is 0. The van der Waals surface area contributed by atoms with Crippen LogP contribution >= 0.6 is 0 Å². The van der Waals surface area contributed by atoms with E-state index in [0.717, 1.165) is 6.08 Å². The minimum atomic E-state index is -3.92. The third kappa shape index (κ3) is 2.49. The van der Waals surface area contributed by atoms with E-state index in [4.69, 9.17) is 13.7 Å². The van der Waals surface area contributed by atoms with Crippen molar-refractivity contribution in [1.82, 2.24) is 0 Å². The van der Waals surface area contributed by atoms with Gasteiger partial charge < -0.3 is 14.2 Å². The number of fused-ring (bicyclic) bond motifs is 1. The molecule has 3 rings (SSSR count). The summed E-state index contributed by atoms with van der Waals surface area (Å²) >= 11 is 0. The number of hydrogen-bond acceptors (Lipinski definition) is 9. The summed E-state index contributed by atoms with van der Waals surface area (Å²) in [4.78, 5) is 34.8. The highest BCUT2D eigenvalue weighted by molar-refractivity contribution is 7.87. The lowest BCUT2D eigenvalue weighted by Crippen LogP contribution is -2.46. The summed E-state index contributed by atoms with van der Waals surface area (Å²) in [5, 5.41) is -0.964. The number of carbonyl (C=O) groups is 3. The summed E-state index contributed by atoms with van der Waals surface area (Å²) in [6.07, 6.45) is -0.429. The molecule has 132 valence electrons. The van der Waals surface area contributed by atoms with Crippen molar-refractivity contribution in [2.45, 2.75) is 23.9 Å². The molecule has 6 atom stereocenters. The van der Waals surface area contributed by atoms with Gasteiger partial charge in [-0.1, -0.05) is 6.58 Å². The lowest BCUT2D eigenvalue weighted by atomic mass is 9.84. The first-order chi connectivity index (χ1) is 11.3. The van der Waals surface area contributed by atoms with Gasteiger partial charge in [-0.3, -0.25) is 8.98 Å². The molecule has 0 aromatic heterocycles. The number of esters is 3. The topological polar surface area (TPSA) is 122 Å². The number of ether oxygens (including phenoxy) is 3. The van der Waals surface area contributed by atoms with E-state index in [1.807, 2.05) is 0 Å². The average Bonchev–Trinajstić information content (AvgIpc) is 3.14. The Morgan fingerprint density at radius 1 is 1.29 bits per heavy atom. The van der Waals surface area contributed by atoms with Crippen LogP contribution in [0.25, 0.3) is 0 Å². The molecule has 2 bridgehead atoms. The molecule has 0 aromatic rings. The van der Waals surface area contributed by atoms with Crippen LogP contribution in [0.3, 0.4) is 0 Å². The van der Waals surface area contributed by atoms with Gasteiger partial charge in [0, 0.05) is 17.9 Å². The van der Waals surface area contributed by atoms with Crippen LogP contribution in [0.5, 0.6) is 0 Å². The summed E-state index contributed by atoms with van der Waals surface area (Å²) in [6.45, 7) is 2.56. The van der Waals surface area contributed by atoms with Crippen molar-refractivity contribution in [3.05, 3.63) is 12.7 Å². The SMILES string of the molecule is C=CC(=O)OCC(=O)OC1C2CC3C1OS(=O)(=O)C3C2C(=O)OC. The summed E-state index contributed by atoms with van der Waals surface area (Å²) in [5.74, 6) is -4.16. The van der Waals surface area contributed by atoms with E-state index in [9.17, 15) is 22.8 Å². The Morgan fingerprint density at radius 2 is 2.00 bits per heavy atom. The van der Waals surface area contributed by atoms with Crippen molar-refractivity contribution in [1.29, 1.82) is 0 Å². The predicted octanol–water partition coefficient (Wildman–Crippen LogP) is -0.836. The Bertz CT molecular complexity index is 697. The zero-order valence-corrected chi connectivity index (χ0v) is 13.6. The van der Waals surface area contributed by atoms with Crippen molar-refractivity contribution in [3.8, 4) is 0 Å². The van der Waals surface area contributed by atoms with Gasteiger partial charge in [0.2, 0.25) is 0 Å². The molecular formula is C14H16O9S.